The fourth-order valence-corrected chi connectivity index (χ4v) is 7.90. The third-order valence-electron chi connectivity index (χ3n) is 11.0. The summed E-state index contributed by atoms with van der Waals surface area (Å²) in [6.07, 6.45) is 10.5. The molecule has 3 aliphatic heterocycles. The molecule has 57 heavy (non-hydrogen) atoms. The minimum Gasteiger partial charge on any atom is -0.355 e. The van der Waals surface area contributed by atoms with Crippen molar-refractivity contribution in [3.05, 3.63) is 126 Å². The predicted molar refractivity (Wildman–Crippen MR) is 214 cm³/mol. The Hall–Kier alpha value is -7.01. The van der Waals surface area contributed by atoms with Crippen LogP contribution in [0.5, 0.6) is 0 Å². The lowest BCUT2D eigenvalue weighted by atomic mass is 9.92. The van der Waals surface area contributed by atoms with Gasteiger partial charge in [0.25, 0.3) is 11.8 Å². The number of fused-ring (bicyclic) bond motifs is 2. The van der Waals surface area contributed by atoms with E-state index < -0.39 is 0 Å². The normalized spacial score (nSPS) is 15.8. The SMILES string of the molecule is Cn1c(C(=O)N2CC(c3nccnc3N3CCCCC3)C2)nc2ccccc21.N#Cc1cccc(-c2nccnc2C2CN(C(=O)c3nc4ccccc4[nH]3)C2)c1. The van der Waals surface area contributed by atoms with Gasteiger partial charge in [-0.05, 0) is 55.7 Å². The van der Waals surface area contributed by atoms with Gasteiger partial charge in [0.2, 0.25) is 0 Å². The number of aromatic amines is 1. The molecule has 3 aliphatic rings. The third kappa shape index (κ3) is 6.92. The number of benzene rings is 3. The van der Waals surface area contributed by atoms with Crippen LogP contribution in [-0.2, 0) is 7.05 Å². The lowest BCUT2D eigenvalue weighted by molar-refractivity contribution is 0.0578. The number of piperidine rings is 1. The fraction of sp³-hybridized carbons (Fsp3) is 0.279. The largest absolute Gasteiger partial charge is 0.355 e. The Morgan fingerprint density at radius 2 is 1.39 bits per heavy atom. The van der Waals surface area contributed by atoms with E-state index in [1.165, 1.54) is 19.3 Å². The molecule has 14 nitrogen and oxygen atoms in total. The van der Waals surface area contributed by atoms with E-state index in [2.05, 4.69) is 45.9 Å². The summed E-state index contributed by atoms with van der Waals surface area (Å²) in [6.45, 7) is 4.53. The summed E-state index contributed by atoms with van der Waals surface area (Å²) in [5.74, 6) is 2.05. The summed E-state index contributed by atoms with van der Waals surface area (Å²) in [6, 6.07) is 24.9. The number of nitrogens with zero attached hydrogens (tertiary/aromatic N) is 11. The summed E-state index contributed by atoms with van der Waals surface area (Å²) in [7, 11) is 1.90. The van der Waals surface area contributed by atoms with Crippen molar-refractivity contribution in [3.8, 4) is 17.3 Å². The highest BCUT2D eigenvalue weighted by molar-refractivity contribution is 5.96. The van der Waals surface area contributed by atoms with Crippen molar-refractivity contribution >= 4 is 39.7 Å². The van der Waals surface area contributed by atoms with Crippen LogP contribution in [0, 0.1) is 11.3 Å². The number of likely N-dealkylation sites (tertiary alicyclic amines) is 2. The van der Waals surface area contributed by atoms with Crippen molar-refractivity contribution in [1.29, 1.82) is 5.26 Å². The number of hydrogen-bond donors (Lipinski definition) is 1. The number of carbonyl (C=O) groups is 2. The number of para-hydroxylation sites is 4. The maximum Gasteiger partial charge on any atom is 0.289 e. The Morgan fingerprint density at radius 1 is 0.719 bits per heavy atom. The number of carbonyl (C=O) groups excluding carboxylic acids is 2. The molecule has 0 spiro atoms. The summed E-state index contributed by atoms with van der Waals surface area (Å²) in [5.41, 5.74) is 7.52. The smallest absolute Gasteiger partial charge is 0.289 e. The van der Waals surface area contributed by atoms with Gasteiger partial charge in [0.15, 0.2) is 17.5 Å². The first-order chi connectivity index (χ1) is 27.9. The Morgan fingerprint density at radius 3 is 2.14 bits per heavy atom. The highest BCUT2D eigenvalue weighted by atomic mass is 16.2. The second-order valence-electron chi connectivity index (χ2n) is 14.7. The second-order valence-corrected chi connectivity index (χ2v) is 14.7. The molecule has 4 aromatic heterocycles. The molecule has 3 fully saturated rings. The van der Waals surface area contributed by atoms with Gasteiger partial charge in [-0.3, -0.25) is 24.5 Å². The van der Waals surface area contributed by atoms with Crippen molar-refractivity contribution < 1.29 is 9.59 Å². The first-order valence-electron chi connectivity index (χ1n) is 19.3. The van der Waals surface area contributed by atoms with Crippen LogP contribution in [-0.4, -0.2) is 100 Å². The topological polar surface area (TPSA) is 166 Å². The molecule has 7 aromatic rings. The van der Waals surface area contributed by atoms with E-state index in [-0.39, 0.29) is 23.7 Å². The van der Waals surface area contributed by atoms with Gasteiger partial charge in [-0.1, -0.05) is 36.4 Å². The van der Waals surface area contributed by atoms with Gasteiger partial charge < -0.3 is 24.3 Å². The molecule has 0 aliphatic carbocycles. The number of aromatic nitrogens is 8. The molecule has 7 heterocycles. The van der Waals surface area contributed by atoms with Crippen LogP contribution in [0.1, 0.15) is 69.3 Å². The van der Waals surface area contributed by atoms with Crippen LogP contribution in [0.4, 0.5) is 5.82 Å². The molecule has 10 rings (SSSR count). The van der Waals surface area contributed by atoms with Gasteiger partial charge in [0.05, 0.1) is 50.8 Å². The predicted octanol–water partition coefficient (Wildman–Crippen LogP) is 5.72. The van der Waals surface area contributed by atoms with Crippen LogP contribution in [0.25, 0.3) is 33.3 Å². The van der Waals surface area contributed by atoms with Gasteiger partial charge >= 0.3 is 0 Å². The second kappa shape index (κ2) is 15.3. The van der Waals surface area contributed by atoms with Gasteiger partial charge in [-0.25, -0.2) is 15.0 Å². The highest BCUT2D eigenvalue weighted by Crippen LogP contribution is 2.34. The number of imidazole rings is 2. The summed E-state index contributed by atoms with van der Waals surface area (Å²) < 4.78 is 1.88. The number of amides is 2. The minimum absolute atomic E-state index is 0.0154. The number of hydrogen-bond acceptors (Lipinski definition) is 10. The number of nitrogens with one attached hydrogen (secondary N) is 1. The molecule has 0 saturated carbocycles. The molecule has 1 N–H and O–H groups in total. The number of aryl methyl sites for hydroxylation is 1. The van der Waals surface area contributed by atoms with Crippen LogP contribution in [0.2, 0.25) is 0 Å². The van der Waals surface area contributed by atoms with E-state index in [9.17, 15) is 9.59 Å². The van der Waals surface area contributed by atoms with Crippen molar-refractivity contribution in [2.75, 3.05) is 44.2 Å². The standard InChI is InChI=1S/C22H16N6O.C21H24N6O/c23-11-14-4-3-5-15(10-14)19-20(25-9-8-24-19)16-12-28(13-16)22(29)21-26-17-6-1-2-7-18(17)27-21;1-25-17-8-4-3-7-16(17)24-20(25)21(28)27-13-15(14-27)18-19(23-10-9-22-18)26-11-5-2-6-12-26/h1-10,16H,12-13H2,(H,26,27);3-4,7-10,15H,2,5-6,11-14H2,1H3. The zero-order chi connectivity index (χ0) is 38.9. The summed E-state index contributed by atoms with van der Waals surface area (Å²) >= 11 is 0. The minimum atomic E-state index is -0.116. The fourth-order valence-electron chi connectivity index (χ4n) is 7.90. The van der Waals surface area contributed by atoms with E-state index in [4.69, 9.17) is 5.26 Å². The van der Waals surface area contributed by atoms with Gasteiger partial charge in [-0.15, -0.1) is 0 Å². The molecule has 14 heteroatoms. The van der Waals surface area contributed by atoms with Gasteiger partial charge in [0, 0.05) is 88.5 Å². The van der Waals surface area contributed by atoms with E-state index in [0.29, 0.717) is 43.4 Å². The molecule has 0 atom stereocenters. The van der Waals surface area contributed by atoms with E-state index in [0.717, 1.165) is 63.6 Å². The highest BCUT2D eigenvalue weighted by Gasteiger charge is 2.38. The molecular formula is C43H40N12O2. The summed E-state index contributed by atoms with van der Waals surface area (Å²) in [5, 5.41) is 9.16. The van der Waals surface area contributed by atoms with E-state index in [1.807, 2.05) is 83.2 Å². The number of H-pyrrole nitrogens is 1. The lowest BCUT2D eigenvalue weighted by Crippen LogP contribution is -2.50. The lowest BCUT2D eigenvalue weighted by Gasteiger charge is -2.40. The van der Waals surface area contributed by atoms with Crippen LogP contribution in [0.3, 0.4) is 0 Å². The molecule has 284 valence electrons. The van der Waals surface area contributed by atoms with Crippen molar-refractivity contribution in [3.63, 3.8) is 0 Å². The average Bonchev–Trinajstić information content (AvgIpc) is 3.82. The maximum atomic E-state index is 13.0. The zero-order valence-electron chi connectivity index (χ0n) is 31.5. The monoisotopic (exact) mass is 756 g/mol. The van der Waals surface area contributed by atoms with Crippen molar-refractivity contribution in [1.82, 2.24) is 49.3 Å². The molecule has 0 bridgehead atoms. The maximum absolute atomic E-state index is 13.0. The van der Waals surface area contributed by atoms with Crippen molar-refractivity contribution in [2.24, 2.45) is 7.05 Å². The van der Waals surface area contributed by atoms with E-state index >= 15 is 0 Å². The van der Waals surface area contributed by atoms with Crippen LogP contribution >= 0.6 is 0 Å². The quantitative estimate of drug-likeness (QED) is 0.222. The van der Waals surface area contributed by atoms with Crippen molar-refractivity contribution in [2.45, 2.75) is 31.1 Å². The Balaban J connectivity index is 0.000000148. The molecule has 0 unspecified atom stereocenters. The number of nitriles is 1. The number of rotatable bonds is 6. The molecule has 2 amide bonds. The van der Waals surface area contributed by atoms with E-state index in [1.54, 1.807) is 35.8 Å². The Labute approximate surface area is 328 Å². The van der Waals surface area contributed by atoms with Crippen LogP contribution in [0.15, 0.2) is 97.6 Å². The van der Waals surface area contributed by atoms with Gasteiger partial charge in [-0.2, -0.15) is 5.26 Å². The Kier molecular flexibility index (Phi) is 9.55. The first-order valence-corrected chi connectivity index (χ1v) is 19.3. The molecular weight excluding hydrogens is 717 g/mol. The zero-order valence-corrected chi connectivity index (χ0v) is 31.5. The van der Waals surface area contributed by atoms with Gasteiger partial charge in [0.1, 0.15) is 0 Å². The first kappa shape index (κ1) is 35.7. The summed E-state index contributed by atoms with van der Waals surface area (Å²) in [4.78, 5) is 62.0. The van der Waals surface area contributed by atoms with Crippen LogP contribution < -0.4 is 4.90 Å². The number of anilines is 1. The molecule has 0 radical (unpaired) electrons. The average molecular weight is 757 g/mol. The molecule has 3 saturated heterocycles. The third-order valence-corrected chi connectivity index (χ3v) is 11.0. The molecule has 3 aromatic carbocycles. The Bertz CT molecular complexity index is 2610.